The standard InChI is InChI=1S/C18H26N2O5/c1-13(19-7-9-24-10-8-19)14-3-5-20(6-4-14)18(22)16-11-15(21)17(23-2)12-25-16/h11-14H,3-10H2,1-2H3/t13-/m0/s1. The first-order valence-corrected chi connectivity index (χ1v) is 8.88. The van der Waals surface area contributed by atoms with Gasteiger partial charge in [0.2, 0.25) is 11.2 Å². The number of carbonyl (C=O) groups is 1. The lowest BCUT2D eigenvalue weighted by Crippen LogP contribution is -2.49. The van der Waals surface area contributed by atoms with E-state index in [2.05, 4.69) is 11.8 Å². The first-order chi connectivity index (χ1) is 12.1. The van der Waals surface area contributed by atoms with E-state index in [4.69, 9.17) is 13.9 Å². The van der Waals surface area contributed by atoms with Crippen LogP contribution in [0.2, 0.25) is 0 Å². The van der Waals surface area contributed by atoms with Crippen LogP contribution in [0.4, 0.5) is 0 Å². The van der Waals surface area contributed by atoms with Crippen molar-refractivity contribution < 1.29 is 18.7 Å². The van der Waals surface area contributed by atoms with E-state index >= 15 is 0 Å². The Bertz CT molecular complexity index is 645. The maximum Gasteiger partial charge on any atom is 0.289 e. The third kappa shape index (κ3) is 4.04. The van der Waals surface area contributed by atoms with Crippen LogP contribution in [0.1, 0.15) is 30.3 Å². The van der Waals surface area contributed by atoms with Crippen LogP contribution in [0, 0.1) is 5.92 Å². The SMILES string of the molecule is COc1coc(C(=O)N2CCC([C@H](C)N3CCOCC3)CC2)cc1=O. The first-order valence-electron chi connectivity index (χ1n) is 8.88. The number of methoxy groups -OCH3 is 1. The maximum absolute atomic E-state index is 12.6. The summed E-state index contributed by atoms with van der Waals surface area (Å²) >= 11 is 0. The predicted octanol–water partition coefficient (Wildman–Crippen LogP) is 1.22. The Hall–Kier alpha value is -1.86. The molecule has 1 aromatic heterocycles. The predicted molar refractivity (Wildman–Crippen MR) is 92.0 cm³/mol. The van der Waals surface area contributed by atoms with E-state index < -0.39 is 0 Å². The molecule has 2 aliphatic heterocycles. The molecule has 1 amide bonds. The maximum atomic E-state index is 12.6. The summed E-state index contributed by atoms with van der Waals surface area (Å²) in [6.45, 7) is 7.23. The van der Waals surface area contributed by atoms with Gasteiger partial charge in [-0.2, -0.15) is 0 Å². The highest BCUT2D eigenvalue weighted by Crippen LogP contribution is 2.25. The number of likely N-dealkylation sites (tertiary alicyclic amines) is 1. The van der Waals surface area contributed by atoms with Gasteiger partial charge < -0.3 is 18.8 Å². The number of hydrogen-bond acceptors (Lipinski definition) is 6. The lowest BCUT2D eigenvalue weighted by Gasteiger charge is -2.40. The lowest BCUT2D eigenvalue weighted by atomic mass is 9.89. The number of piperidine rings is 1. The zero-order valence-electron chi connectivity index (χ0n) is 14.9. The third-order valence-electron chi connectivity index (χ3n) is 5.36. The topological polar surface area (TPSA) is 72.2 Å². The monoisotopic (exact) mass is 350 g/mol. The molecule has 0 bridgehead atoms. The molecule has 1 atom stereocenters. The lowest BCUT2D eigenvalue weighted by molar-refractivity contribution is -0.00115. The van der Waals surface area contributed by atoms with Crippen molar-refractivity contribution in [2.45, 2.75) is 25.8 Å². The third-order valence-corrected chi connectivity index (χ3v) is 5.36. The molecule has 0 N–H and O–H groups in total. The van der Waals surface area contributed by atoms with Gasteiger partial charge in [-0.15, -0.1) is 0 Å². The van der Waals surface area contributed by atoms with Gasteiger partial charge in [-0.3, -0.25) is 14.5 Å². The Balaban J connectivity index is 1.57. The summed E-state index contributed by atoms with van der Waals surface area (Å²) in [7, 11) is 1.40. The molecule has 3 heterocycles. The Morgan fingerprint density at radius 2 is 1.92 bits per heavy atom. The molecule has 2 aliphatic rings. The van der Waals surface area contributed by atoms with Crippen LogP contribution < -0.4 is 10.2 Å². The molecule has 7 heteroatoms. The summed E-state index contributed by atoms with van der Waals surface area (Å²) < 4.78 is 15.6. The number of nitrogens with zero attached hydrogens (tertiary/aromatic N) is 2. The normalized spacial score (nSPS) is 21.1. The first kappa shape index (κ1) is 17.9. The highest BCUT2D eigenvalue weighted by molar-refractivity contribution is 5.91. The molecule has 25 heavy (non-hydrogen) atoms. The van der Waals surface area contributed by atoms with Crippen LogP contribution >= 0.6 is 0 Å². The number of ether oxygens (including phenoxy) is 2. The number of rotatable bonds is 4. The second-order valence-corrected chi connectivity index (χ2v) is 6.70. The van der Waals surface area contributed by atoms with Gasteiger partial charge in [0.25, 0.3) is 5.91 Å². The quantitative estimate of drug-likeness (QED) is 0.813. The van der Waals surface area contributed by atoms with Crippen molar-refractivity contribution in [1.29, 1.82) is 0 Å². The molecule has 3 rings (SSSR count). The fourth-order valence-corrected chi connectivity index (χ4v) is 3.68. The minimum atomic E-state index is -0.340. The Morgan fingerprint density at radius 3 is 2.52 bits per heavy atom. The highest BCUT2D eigenvalue weighted by atomic mass is 16.5. The van der Waals surface area contributed by atoms with Crippen molar-refractivity contribution in [1.82, 2.24) is 9.80 Å². The number of amides is 1. The van der Waals surface area contributed by atoms with E-state index in [0.717, 1.165) is 39.1 Å². The highest BCUT2D eigenvalue weighted by Gasteiger charge is 2.31. The van der Waals surface area contributed by atoms with E-state index in [1.165, 1.54) is 19.4 Å². The summed E-state index contributed by atoms with van der Waals surface area (Å²) in [6.07, 6.45) is 3.12. The van der Waals surface area contributed by atoms with Crippen molar-refractivity contribution >= 4 is 5.91 Å². The van der Waals surface area contributed by atoms with Crippen LogP contribution in [0.5, 0.6) is 5.75 Å². The van der Waals surface area contributed by atoms with Crippen LogP contribution in [0.15, 0.2) is 21.5 Å². The fourth-order valence-electron chi connectivity index (χ4n) is 3.68. The van der Waals surface area contributed by atoms with Crippen LogP contribution in [0.25, 0.3) is 0 Å². The minimum absolute atomic E-state index is 0.0745. The van der Waals surface area contributed by atoms with Crippen LogP contribution in [-0.4, -0.2) is 68.3 Å². The zero-order chi connectivity index (χ0) is 17.8. The number of carbonyl (C=O) groups excluding carboxylic acids is 1. The van der Waals surface area contributed by atoms with Gasteiger partial charge in [-0.1, -0.05) is 0 Å². The van der Waals surface area contributed by atoms with E-state index in [0.29, 0.717) is 25.0 Å². The summed E-state index contributed by atoms with van der Waals surface area (Å²) in [5.41, 5.74) is -0.340. The van der Waals surface area contributed by atoms with Gasteiger partial charge in [-0.25, -0.2) is 0 Å². The van der Waals surface area contributed by atoms with Crippen molar-refractivity contribution in [2.24, 2.45) is 5.92 Å². The molecule has 0 aliphatic carbocycles. The minimum Gasteiger partial charge on any atom is -0.490 e. The molecule has 0 saturated carbocycles. The molecule has 0 unspecified atom stereocenters. The van der Waals surface area contributed by atoms with Crippen LogP contribution in [0.3, 0.4) is 0 Å². The molecule has 2 saturated heterocycles. The zero-order valence-corrected chi connectivity index (χ0v) is 14.9. The van der Waals surface area contributed by atoms with Gasteiger partial charge in [0.1, 0.15) is 6.26 Å². The van der Waals surface area contributed by atoms with E-state index in [1.807, 2.05) is 0 Å². The average molecular weight is 350 g/mol. The van der Waals surface area contributed by atoms with Gasteiger partial charge in [0.05, 0.1) is 20.3 Å². The molecule has 138 valence electrons. The van der Waals surface area contributed by atoms with E-state index in [9.17, 15) is 9.59 Å². The van der Waals surface area contributed by atoms with E-state index in [-0.39, 0.29) is 22.8 Å². The molecule has 2 fully saturated rings. The second kappa shape index (κ2) is 8.01. The number of morpholine rings is 1. The summed E-state index contributed by atoms with van der Waals surface area (Å²) in [5, 5.41) is 0. The van der Waals surface area contributed by atoms with Gasteiger partial charge in [0, 0.05) is 38.3 Å². The van der Waals surface area contributed by atoms with E-state index in [1.54, 1.807) is 4.90 Å². The molecule has 0 spiro atoms. The summed E-state index contributed by atoms with van der Waals surface area (Å²) in [4.78, 5) is 28.6. The smallest absolute Gasteiger partial charge is 0.289 e. The molecular formula is C18H26N2O5. The fraction of sp³-hybridized carbons (Fsp3) is 0.667. The molecule has 0 aromatic carbocycles. The Morgan fingerprint density at radius 1 is 1.24 bits per heavy atom. The average Bonchev–Trinajstić information content (AvgIpc) is 2.67. The summed E-state index contributed by atoms with van der Waals surface area (Å²) in [5.74, 6) is 0.530. The van der Waals surface area contributed by atoms with Gasteiger partial charge in [-0.05, 0) is 25.7 Å². The second-order valence-electron chi connectivity index (χ2n) is 6.70. The summed E-state index contributed by atoms with van der Waals surface area (Å²) in [6, 6.07) is 1.71. The van der Waals surface area contributed by atoms with Crippen LogP contribution in [-0.2, 0) is 4.74 Å². The van der Waals surface area contributed by atoms with Crippen molar-refractivity contribution in [2.75, 3.05) is 46.5 Å². The number of hydrogen-bond donors (Lipinski definition) is 0. The van der Waals surface area contributed by atoms with Crippen molar-refractivity contribution in [3.63, 3.8) is 0 Å². The largest absolute Gasteiger partial charge is 0.490 e. The molecule has 0 radical (unpaired) electrons. The van der Waals surface area contributed by atoms with Crippen molar-refractivity contribution in [3.05, 3.63) is 28.3 Å². The molecular weight excluding hydrogens is 324 g/mol. The van der Waals surface area contributed by atoms with Crippen molar-refractivity contribution in [3.8, 4) is 5.75 Å². The molecule has 7 nitrogen and oxygen atoms in total. The Kier molecular flexibility index (Phi) is 5.75. The molecule has 1 aromatic rings. The Labute approximate surface area is 147 Å². The van der Waals surface area contributed by atoms with Gasteiger partial charge >= 0.3 is 0 Å². The van der Waals surface area contributed by atoms with Gasteiger partial charge in [0.15, 0.2) is 5.76 Å².